The van der Waals surface area contributed by atoms with Gasteiger partial charge in [0.15, 0.2) is 5.82 Å². The zero-order valence-electron chi connectivity index (χ0n) is 12.9. The Bertz CT molecular complexity index is 724. The summed E-state index contributed by atoms with van der Waals surface area (Å²) in [5, 5.41) is 1.89. The average molecular weight is 348 g/mol. The van der Waals surface area contributed by atoms with Crippen LogP contribution in [-0.2, 0) is 4.74 Å². The molecule has 1 amide bonds. The number of hydrogen-bond acceptors (Lipinski definition) is 5. The van der Waals surface area contributed by atoms with E-state index >= 15 is 0 Å². The third kappa shape index (κ3) is 2.78. The molecular formula is C17H17FN2O3S. The van der Waals surface area contributed by atoms with Crippen molar-refractivity contribution in [3.8, 4) is 5.88 Å². The zero-order chi connectivity index (χ0) is 16.5. The summed E-state index contributed by atoms with van der Waals surface area (Å²) in [7, 11) is 0. The molecular weight excluding hydrogens is 331 g/mol. The third-order valence-corrected chi connectivity index (χ3v) is 5.38. The van der Waals surface area contributed by atoms with Crippen molar-refractivity contribution in [1.82, 2.24) is 9.88 Å². The topological polar surface area (TPSA) is 51.7 Å². The highest BCUT2D eigenvalue weighted by atomic mass is 32.1. The number of halogens is 1. The molecule has 2 aliphatic rings. The molecule has 7 heteroatoms. The van der Waals surface area contributed by atoms with Gasteiger partial charge < -0.3 is 14.4 Å². The van der Waals surface area contributed by atoms with Gasteiger partial charge in [0.1, 0.15) is 6.10 Å². The molecule has 3 atom stereocenters. The van der Waals surface area contributed by atoms with Gasteiger partial charge in [-0.25, -0.2) is 9.37 Å². The Labute approximate surface area is 143 Å². The average Bonchev–Trinajstić information content (AvgIpc) is 3.18. The van der Waals surface area contributed by atoms with Gasteiger partial charge in [0.05, 0.1) is 23.6 Å². The summed E-state index contributed by atoms with van der Waals surface area (Å²) in [5.41, 5.74) is 0. The third-order valence-electron chi connectivity index (χ3n) is 4.52. The first-order valence-corrected chi connectivity index (χ1v) is 8.85. The van der Waals surface area contributed by atoms with Gasteiger partial charge >= 0.3 is 0 Å². The molecule has 1 aliphatic heterocycles. The predicted molar refractivity (Wildman–Crippen MR) is 86.7 cm³/mol. The second kappa shape index (κ2) is 6.49. The molecule has 1 saturated heterocycles. The van der Waals surface area contributed by atoms with Crippen molar-refractivity contribution in [3.63, 3.8) is 0 Å². The van der Waals surface area contributed by atoms with Crippen LogP contribution in [0.25, 0.3) is 0 Å². The van der Waals surface area contributed by atoms with Crippen LogP contribution in [-0.4, -0.2) is 47.2 Å². The van der Waals surface area contributed by atoms with E-state index in [0.29, 0.717) is 18.0 Å². The molecule has 24 heavy (non-hydrogen) atoms. The van der Waals surface area contributed by atoms with Gasteiger partial charge in [-0.15, -0.1) is 11.3 Å². The number of ether oxygens (including phenoxy) is 2. The van der Waals surface area contributed by atoms with Crippen molar-refractivity contribution in [3.05, 3.63) is 46.5 Å². The first-order chi connectivity index (χ1) is 11.7. The first-order valence-electron chi connectivity index (χ1n) is 7.97. The SMILES string of the molecule is O=C(c1cccs1)N1CCO[C@H]2CC[C@H]1[C@@H]2Oc1ncccc1F. The van der Waals surface area contributed by atoms with E-state index < -0.39 is 11.9 Å². The lowest BCUT2D eigenvalue weighted by Crippen LogP contribution is -2.47. The molecule has 0 unspecified atom stereocenters. The highest BCUT2D eigenvalue weighted by Crippen LogP contribution is 2.34. The second-order valence-electron chi connectivity index (χ2n) is 5.90. The number of rotatable bonds is 3. The largest absolute Gasteiger partial charge is 0.467 e. The van der Waals surface area contributed by atoms with Crippen LogP contribution in [0.15, 0.2) is 35.8 Å². The lowest BCUT2D eigenvalue weighted by Gasteiger charge is -2.31. The minimum absolute atomic E-state index is 0.0174. The van der Waals surface area contributed by atoms with E-state index in [1.54, 1.807) is 0 Å². The molecule has 2 aromatic rings. The summed E-state index contributed by atoms with van der Waals surface area (Å²) in [6.07, 6.45) is 2.52. The second-order valence-corrected chi connectivity index (χ2v) is 6.85. The summed E-state index contributed by atoms with van der Waals surface area (Å²) in [6, 6.07) is 6.39. The van der Waals surface area contributed by atoms with Gasteiger partial charge in [-0.3, -0.25) is 4.79 Å². The van der Waals surface area contributed by atoms with E-state index in [4.69, 9.17) is 9.47 Å². The molecule has 0 aromatic carbocycles. The van der Waals surface area contributed by atoms with Crippen molar-refractivity contribution in [2.75, 3.05) is 13.2 Å². The van der Waals surface area contributed by atoms with E-state index in [0.717, 1.165) is 12.8 Å². The maximum Gasteiger partial charge on any atom is 0.264 e. The van der Waals surface area contributed by atoms with E-state index in [2.05, 4.69) is 4.98 Å². The lowest BCUT2D eigenvalue weighted by molar-refractivity contribution is 0.000313. The molecule has 0 N–H and O–H groups in total. The molecule has 4 rings (SSSR count). The Kier molecular flexibility index (Phi) is 4.20. The van der Waals surface area contributed by atoms with Crippen molar-refractivity contribution in [2.24, 2.45) is 0 Å². The van der Waals surface area contributed by atoms with Crippen LogP contribution in [0.4, 0.5) is 4.39 Å². The Morgan fingerprint density at radius 3 is 3.08 bits per heavy atom. The van der Waals surface area contributed by atoms with Crippen LogP contribution in [0.3, 0.4) is 0 Å². The van der Waals surface area contributed by atoms with Crippen LogP contribution in [0, 0.1) is 5.82 Å². The van der Waals surface area contributed by atoms with Gasteiger partial charge in [-0.1, -0.05) is 6.07 Å². The van der Waals surface area contributed by atoms with Gasteiger partial charge in [-0.2, -0.15) is 0 Å². The van der Waals surface area contributed by atoms with Crippen LogP contribution < -0.4 is 4.74 Å². The molecule has 5 nitrogen and oxygen atoms in total. The lowest BCUT2D eigenvalue weighted by atomic mass is 10.1. The number of fused-ring (bicyclic) bond motifs is 2. The summed E-state index contributed by atoms with van der Waals surface area (Å²) in [4.78, 5) is 19.3. The number of carbonyl (C=O) groups excluding carboxylic acids is 1. The Hall–Kier alpha value is -1.99. The van der Waals surface area contributed by atoms with Crippen molar-refractivity contribution < 1.29 is 18.7 Å². The van der Waals surface area contributed by atoms with Crippen LogP contribution >= 0.6 is 11.3 Å². The quantitative estimate of drug-likeness (QED) is 0.856. The number of pyridine rings is 1. The Morgan fingerprint density at radius 2 is 2.29 bits per heavy atom. The number of carbonyl (C=O) groups is 1. The molecule has 0 radical (unpaired) electrons. The molecule has 1 aliphatic carbocycles. The number of aromatic nitrogens is 1. The van der Waals surface area contributed by atoms with E-state index in [9.17, 15) is 9.18 Å². The zero-order valence-corrected chi connectivity index (χ0v) is 13.7. The van der Waals surface area contributed by atoms with Gasteiger partial charge in [0, 0.05) is 12.7 Å². The minimum Gasteiger partial charge on any atom is -0.467 e. The molecule has 126 valence electrons. The van der Waals surface area contributed by atoms with Crippen molar-refractivity contribution >= 4 is 17.2 Å². The fourth-order valence-electron chi connectivity index (χ4n) is 3.43. The van der Waals surface area contributed by atoms with Gasteiger partial charge in [0.2, 0.25) is 0 Å². The standard InChI is InChI=1S/C17H17FN2O3S/c18-11-3-1-7-19-16(11)23-15-12-5-6-13(15)22-9-8-20(12)17(21)14-4-2-10-24-14/h1-4,7,10,12-13,15H,5-6,8-9H2/t12-,13-,15-/m0/s1. The fraction of sp³-hybridized carbons (Fsp3) is 0.412. The summed E-state index contributed by atoms with van der Waals surface area (Å²) < 4.78 is 25.6. The Morgan fingerprint density at radius 1 is 1.38 bits per heavy atom. The number of nitrogens with zero attached hydrogens (tertiary/aromatic N) is 2. The highest BCUT2D eigenvalue weighted by Gasteiger charge is 2.46. The predicted octanol–water partition coefficient (Wildman–Crippen LogP) is 2.73. The minimum atomic E-state index is -0.503. The van der Waals surface area contributed by atoms with Gasteiger partial charge in [0.25, 0.3) is 11.8 Å². The van der Waals surface area contributed by atoms with E-state index in [-0.39, 0.29) is 23.9 Å². The monoisotopic (exact) mass is 348 g/mol. The maximum absolute atomic E-state index is 13.9. The normalized spacial score (nSPS) is 26.2. The van der Waals surface area contributed by atoms with Gasteiger partial charge in [-0.05, 0) is 36.4 Å². The maximum atomic E-state index is 13.9. The number of hydrogen-bond donors (Lipinski definition) is 0. The van der Waals surface area contributed by atoms with Crippen LogP contribution in [0.2, 0.25) is 0 Å². The number of thiophene rings is 1. The number of amides is 1. The van der Waals surface area contributed by atoms with E-state index in [1.165, 1.54) is 29.7 Å². The van der Waals surface area contributed by atoms with Crippen LogP contribution in [0.5, 0.6) is 5.88 Å². The summed E-state index contributed by atoms with van der Waals surface area (Å²) in [6.45, 7) is 0.977. The molecule has 2 bridgehead atoms. The smallest absolute Gasteiger partial charge is 0.264 e. The van der Waals surface area contributed by atoms with Crippen LogP contribution in [0.1, 0.15) is 22.5 Å². The van der Waals surface area contributed by atoms with Crippen molar-refractivity contribution in [1.29, 1.82) is 0 Å². The van der Waals surface area contributed by atoms with Crippen molar-refractivity contribution in [2.45, 2.75) is 31.1 Å². The highest BCUT2D eigenvalue weighted by molar-refractivity contribution is 7.12. The molecule has 1 saturated carbocycles. The van der Waals surface area contributed by atoms with E-state index in [1.807, 2.05) is 22.4 Å². The molecule has 2 fully saturated rings. The Balaban J connectivity index is 1.60. The molecule has 3 heterocycles. The molecule has 2 aromatic heterocycles. The summed E-state index contributed by atoms with van der Waals surface area (Å²) in [5.74, 6) is -0.554. The first kappa shape index (κ1) is 15.5. The fourth-order valence-corrected chi connectivity index (χ4v) is 4.11. The molecule has 0 spiro atoms. The summed E-state index contributed by atoms with van der Waals surface area (Å²) >= 11 is 1.42.